The van der Waals surface area contributed by atoms with Gasteiger partial charge in [0.25, 0.3) is 0 Å². The van der Waals surface area contributed by atoms with Crippen molar-refractivity contribution in [3.63, 3.8) is 0 Å². The average molecular weight is 308 g/mol. The van der Waals surface area contributed by atoms with Crippen LogP contribution < -0.4 is 5.32 Å². The minimum absolute atomic E-state index is 0.641. The summed E-state index contributed by atoms with van der Waals surface area (Å²) in [6.45, 7) is 2.52. The third-order valence-corrected chi connectivity index (χ3v) is 4.04. The van der Waals surface area contributed by atoms with E-state index < -0.39 is 0 Å². The molecule has 1 aromatic heterocycles. The molecule has 0 aliphatic carbocycles. The lowest BCUT2D eigenvalue weighted by Crippen LogP contribution is -1.99. The second kappa shape index (κ2) is 5.30. The Morgan fingerprint density at radius 3 is 2.94 bits per heavy atom. The van der Waals surface area contributed by atoms with Crippen molar-refractivity contribution in [1.29, 1.82) is 5.26 Å². The number of halogens is 1. The molecule has 0 radical (unpaired) electrons. The van der Waals surface area contributed by atoms with E-state index in [2.05, 4.69) is 31.7 Å². The highest BCUT2D eigenvalue weighted by atomic mass is 79.9. The van der Waals surface area contributed by atoms with E-state index in [1.165, 1.54) is 11.5 Å². The molecule has 17 heavy (non-hydrogen) atoms. The first-order valence-corrected chi connectivity index (χ1v) is 6.62. The Labute approximate surface area is 112 Å². The van der Waals surface area contributed by atoms with Gasteiger partial charge in [-0.05, 0) is 30.1 Å². The van der Waals surface area contributed by atoms with Crippen LogP contribution in [-0.2, 0) is 6.54 Å². The summed E-state index contributed by atoms with van der Waals surface area (Å²) in [4.78, 5) is 0. The third-order valence-electron chi connectivity index (χ3n) is 2.37. The van der Waals surface area contributed by atoms with Crippen LogP contribution in [-0.4, -0.2) is 4.37 Å². The van der Waals surface area contributed by atoms with Crippen LogP contribution >= 0.6 is 27.5 Å². The Balaban J connectivity index is 2.13. The summed E-state index contributed by atoms with van der Waals surface area (Å²) in [7, 11) is 0. The zero-order valence-electron chi connectivity index (χ0n) is 9.20. The van der Waals surface area contributed by atoms with Gasteiger partial charge in [0.2, 0.25) is 0 Å². The van der Waals surface area contributed by atoms with Crippen molar-refractivity contribution < 1.29 is 0 Å². The number of nitrogens with one attached hydrogen (secondary N) is 1. The fourth-order valence-corrected chi connectivity index (χ4v) is 2.61. The van der Waals surface area contributed by atoms with Gasteiger partial charge in [-0.3, -0.25) is 0 Å². The van der Waals surface area contributed by atoms with Crippen molar-refractivity contribution in [3.8, 4) is 6.07 Å². The van der Waals surface area contributed by atoms with E-state index in [9.17, 15) is 0 Å². The molecule has 5 heteroatoms. The topological polar surface area (TPSA) is 48.7 Å². The van der Waals surface area contributed by atoms with Gasteiger partial charge in [0, 0.05) is 11.0 Å². The molecule has 86 valence electrons. The number of nitriles is 1. The first kappa shape index (κ1) is 12.1. The first-order valence-electron chi connectivity index (χ1n) is 5.06. The maximum atomic E-state index is 9.01. The SMILES string of the molecule is Cc1nsc(NCc2ccccc2Br)c1C#N. The van der Waals surface area contributed by atoms with Crippen LogP contribution in [0.25, 0.3) is 0 Å². The van der Waals surface area contributed by atoms with Crippen LogP contribution in [0.2, 0.25) is 0 Å². The van der Waals surface area contributed by atoms with Gasteiger partial charge in [-0.25, -0.2) is 0 Å². The Kier molecular flexibility index (Phi) is 3.77. The van der Waals surface area contributed by atoms with Crippen molar-refractivity contribution >= 4 is 32.5 Å². The number of hydrogen-bond acceptors (Lipinski definition) is 4. The Morgan fingerprint density at radius 1 is 1.47 bits per heavy atom. The fraction of sp³-hybridized carbons (Fsp3) is 0.167. The second-order valence-corrected chi connectivity index (χ2v) is 5.16. The predicted molar refractivity (Wildman–Crippen MR) is 73.0 cm³/mol. The van der Waals surface area contributed by atoms with Gasteiger partial charge in [0.1, 0.15) is 16.6 Å². The van der Waals surface area contributed by atoms with Crippen LogP contribution in [0.15, 0.2) is 28.7 Å². The van der Waals surface area contributed by atoms with Gasteiger partial charge in [-0.2, -0.15) is 9.64 Å². The molecule has 2 rings (SSSR count). The molecule has 0 atom stereocenters. The van der Waals surface area contributed by atoms with E-state index >= 15 is 0 Å². The number of rotatable bonds is 3. The lowest BCUT2D eigenvalue weighted by molar-refractivity contribution is 1.14. The molecule has 0 spiro atoms. The van der Waals surface area contributed by atoms with E-state index in [1.807, 2.05) is 31.2 Å². The third kappa shape index (κ3) is 2.65. The molecule has 3 nitrogen and oxygen atoms in total. The number of nitrogens with zero attached hydrogens (tertiary/aromatic N) is 2. The van der Waals surface area contributed by atoms with Gasteiger partial charge in [-0.15, -0.1) is 0 Å². The summed E-state index contributed by atoms with van der Waals surface area (Å²) in [6, 6.07) is 10.2. The highest BCUT2D eigenvalue weighted by Crippen LogP contribution is 2.25. The second-order valence-electron chi connectivity index (χ2n) is 3.53. The van der Waals surface area contributed by atoms with Crippen LogP contribution in [0.3, 0.4) is 0 Å². The highest BCUT2D eigenvalue weighted by molar-refractivity contribution is 9.10. The van der Waals surface area contributed by atoms with Gasteiger partial charge in [-0.1, -0.05) is 34.1 Å². The molecule has 1 N–H and O–H groups in total. The van der Waals surface area contributed by atoms with E-state index in [-0.39, 0.29) is 0 Å². The van der Waals surface area contributed by atoms with Crippen LogP contribution in [0, 0.1) is 18.3 Å². The van der Waals surface area contributed by atoms with Crippen molar-refractivity contribution in [2.75, 3.05) is 5.32 Å². The molecule has 0 unspecified atom stereocenters. The Morgan fingerprint density at radius 2 is 2.24 bits per heavy atom. The van der Waals surface area contributed by atoms with Gasteiger partial charge in [0.15, 0.2) is 0 Å². The summed E-state index contributed by atoms with van der Waals surface area (Å²) in [5, 5.41) is 13.1. The molecule has 1 aromatic carbocycles. The normalized spacial score (nSPS) is 9.94. The molecule has 2 aromatic rings. The fourth-order valence-electron chi connectivity index (χ4n) is 1.44. The molecular weight excluding hydrogens is 298 g/mol. The number of aryl methyl sites for hydroxylation is 1. The zero-order chi connectivity index (χ0) is 12.3. The summed E-state index contributed by atoms with van der Waals surface area (Å²) >= 11 is 4.82. The van der Waals surface area contributed by atoms with E-state index in [0.717, 1.165) is 20.7 Å². The molecule has 0 amide bonds. The van der Waals surface area contributed by atoms with Crippen molar-refractivity contribution in [2.45, 2.75) is 13.5 Å². The minimum Gasteiger partial charge on any atom is -0.370 e. The minimum atomic E-state index is 0.641. The van der Waals surface area contributed by atoms with E-state index in [0.29, 0.717) is 12.1 Å². The number of anilines is 1. The first-order chi connectivity index (χ1) is 8.22. The molecule has 0 fully saturated rings. The lowest BCUT2D eigenvalue weighted by Gasteiger charge is -2.05. The predicted octanol–water partition coefficient (Wildman–Crippen LogP) is 3.70. The molecule has 0 bridgehead atoms. The smallest absolute Gasteiger partial charge is 0.127 e. The van der Waals surface area contributed by atoms with Crippen molar-refractivity contribution in [3.05, 3.63) is 45.6 Å². The van der Waals surface area contributed by atoms with E-state index in [1.54, 1.807) is 0 Å². The van der Waals surface area contributed by atoms with Crippen molar-refractivity contribution in [2.24, 2.45) is 0 Å². The van der Waals surface area contributed by atoms with E-state index in [4.69, 9.17) is 5.26 Å². The molecule has 0 saturated heterocycles. The summed E-state index contributed by atoms with van der Waals surface area (Å²) < 4.78 is 5.23. The molecule has 0 aliphatic heterocycles. The Hall–Kier alpha value is -1.38. The number of benzene rings is 1. The lowest BCUT2D eigenvalue weighted by atomic mass is 10.2. The summed E-state index contributed by atoms with van der Waals surface area (Å²) in [6.07, 6.45) is 0. The maximum absolute atomic E-state index is 9.01. The van der Waals surface area contributed by atoms with Gasteiger partial charge >= 0.3 is 0 Å². The zero-order valence-corrected chi connectivity index (χ0v) is 11.6. The monoisotopic (exact) mass is 307 g/mol. The van der Waals surface area contributed by atoms with Crippen molar-refractivity contribution in [1.82, 2.24) is 4.37 Å². The number of aromatic nitrogens is 1. The Bertz CT molecular complexity index is 571. The van der Waals surface area contributed by atoms with Crippen LogP contribution in [0.1, 0.15) is 16.8 Å². The quantitative estimate of drug-likeness (QED) is 0.940. The van der Waals surface area contributed by atoms with Gasteiger partial charge in [0.05, 0.1) is 5.69 Å². The largest absolute Gasteiger partial charge is 0.370 e. The van der Waals surface area contributed by atoms with Crippen LogP contribution in [0.4, 0.5) is 5.00 Å². The maximum Gasteiger partial charge on any atom is 0.127 e. The average Bonchev–Trinajstić information content (AvgIpc) is 2.69. The molecule has 0 aliphatic rings. The molecule has 0 saturated carbocycles. The summed E-state index contributed by atoms with van der Waals surface area (Å²) in [5.74, 6) is 0. The number of hydrogen-bond donors (Lipinski definition) is 1. The summed E-state index contributed by atoms with van der Waals surface area (Å²) in [5.41, 5.74) is 2.58. The van der Waals surface area contributed by atoms with Crippen LogP contribution in [0.5, 0.6) is 0 Å². The molecular formula is C12H10BrN3S. The standard InChI is InChI=1S/C12H10BrN3S/c1-8-10(6-14)12(17-16-8)15-7-9-4-2-3-5-11(9)13/h2-5,15H,7H2,1H3. The van der Waals surface area contributed by atoms with Gasteiger partial charge < -0.3 is 5.32 Å². The molecule has 1 heterocycles. The highest BCUT2D eigenvalue weighted by Gasteiger charge is 2.09.